The van der Waals surface area contributed by atoms with Crippen molar-refractivity contribution >= 4 is 5.97 Å². The SMILES string of the molecule is COc1ccc([C@H](C(=O)O)[C@H](O)COCc2ccccc2)cc1. The van der Waals surface area contributed by atoms with Gasteiger partial charge in [-0.25, -0.2) is 0 Å². The Morgan fingerprint density at radius 3 is 2.30 bits per heavy atom. The molecular weight excluding hydrogens is 296 g/mol. The molecule has 0 bridgehead atoms. The zero-order valence-corrected chi connectivity index (χ0v) is 12.9. The highest BCUT2D eigenvalue weighted by molar-refractivity contribution is 5.77. The molecule has 0 fully saturated rings. The summed E-state index contributed by atoms with van der Waals surface area (Å²) in [5.74, 6) is -1.50. The molecule has 0 radical (unpaired) electrons. The van der Waals surface area contributed by atoms with Crippen LogP contribution in [0.15, 0.2) is 54.6 Å². The minimum absolute atomic E-state index is 0.0576. The molecule has 2 N–H and O–H groups in total. The second kappa shape index (κ2) is 8.31. The smallest absolute Gasteiger partial charge is 0.313 e. The highest BCUT2D eigenvalue weighted by atomic mass is 16.5. The molecule has 0 saturated carbocycles. The standard InChI is InChI=1S/C18H20O5/c1-22-15-9-7-14(8-10-15)17(18(20)21)16(19)12-23-11-13-5-3-2-4-6-13/h2-10,16-17,19H,11-12H2,1H3,(H,20,21)/t16-,17+/m1/s1. The van der Waals surface area contributed by atoms with E-state index in [2.05, 4.69) is 0 Å². The molecule has 0 heterocycles. The van der Waals surface area contributed by atoms with Crippen molar-refractivity contribution in [1.82, 2.24) is 0 Å². The Bertz CT molecular complexity index is 609. The molecular formula is C18H20O5. The van der Waals surface area contributed by atoms with E-state index in [1.807, 2.05) is 30.3 Å². The topological polar surface area (TPSA) is 76.0 Å². The predicted molar refractivity (Wildman–Crippen MR) is 85.5 cm³/mol. The van der Waals surface area contributed by atoms with Crippen LogP contribution in [0.5, 0.6) is 5.75 Å². The lowest BCUT2D eigenvalue weighted by molar-refractivity contribution is -0.142. The first-order chi connectivity index (χ1) is 11.1. The minimum atomic E-state index is -1.13. The van der Waals surface area contributed by atoms with Crippen LogP contribution in [0.2, 0.25) is 0 Å². The highest BCUT2D eigenvalue weighted by Gasteiger charge is 2.28. The fourth-order valence-corrected chi connectivity index (χ4v) is 2.31. The number of aliphatic hydroxyl groups is 1. The van der Waals surface area contributed by atoms with Gasteiger partial charge in [0.1, 0.15) is 11.7 Å². The van der Waals surface area contributed by atoms with Gasteiger partial charge in [-0.3, -0.25) is 4.79 Å². The van der Waals surface area contributed by atoms with Crippen molar-refractivity contribution in [2.45, 2.75) is 18.6 Å². The van der Waals surface area contributed by atoms with E-state index >= 15 is 0 Å². The summed E-state index contributed by atoms with van der Waals surface area (Å²) in [7, 11) is 1.54. The molecule has 2 aromatic carbocycles. The van der Waals surface area contributed by atoms with Crippen LogP contribution in [0.1, 0.15) is 17.0 Å². The van der Waals surface area contributed by atoms with Gasteiger partial charge in [0.15, 0.2) is 0 Å². The number of carboxylic acids is 1. The molecule has 0 aromatic heterocycles. The van der Waals surface area contributed by atoms with Gasteiger partial charge >= 0.3 is 5.97 Å². The van der Waals surface area contributed by atoms with Crippen LogP contribution in [0, 0.1) is 0 Å². The Hall–Kier alpha value is -2.37. The molecule has 0 aliphatic rings. The van der Waals surface area contributed by atoms with Gasteiger partial charge < -0.3 is 19.7 Å². The van der Waals surface area contributed by atoms with Gasteiger partial charge in [0, 0.05) is 0 Å². The number of aliphatic carboxylic acids is 1. The van der Waals surface area contributed by atoms with E-state index in [1.165, 1.54) is 7.11 Å². The third kappa shape index (κ3) is 4.81. The van der Waals surface area contributed by atoms with Crippen LogP contribution in [-0.4, -0.2) is 36.0 Å². The van der Waals surface area contributed by atoms with Crippen molar-refractivity contribution in [2.75, 3.05) is 13.7 Å². The maximum atomic E-state index is 11.5. The van der Waals surface area contributed by atoms with Crippen molar-refractivity contribution in [3.8, 4) is 5.75 Å². The fraction of sp³-hybridized carbons (Fsp3) is 0.278. The highest BCUT2D eigenvalue weighted by Crippen LogP contribution is 2.23. The summed E-state index contributed by atoms with van der Waals surface area (Å²) in [5.41, 5.74) is 1.48. The van der Waals surface area contributed by atoms with Crippen LogP contribution >= 0.6 is 0 Å². The van der Waals surface area contributed by atoms with Crippen molar-refractivity contribution in [3.05, 3.63) is 65.7 Å². The van der Waals surface area contributed by atoms with Crippen LogP contribution < -0.4 is 4.74 Å². The number of ether oxygens (including phenoxy) is 2. The third-order valence-corrected chi connectivity index (χ3v) is 3.53. The molecule has 0 spiro atoms. The summed E-state index contributed by atoms with van der Waals surface area (Å²) in [6, 6.07) is 16.1. The van der Waals surface area contributed by atoms with E-state index < -0.39 is 18.0 Å². The molecule has 0 saturated heterocycles. The van der Waals surface area contributed by atoms with E-state index in [9.17, 15) is 15.0 Å². The van der Waals surface area contributed by atoms with E-state index in [0.29, 0.717) is 17.9 Å². The number of methoxy groups -OCH3 is 1. The first-order valence-electron chi connectivity index (χ1n) is 7.28. The Labute approximate surface area is 135 Å². The van der Waals surface area contributed by atoms with Gasteiger partial charge in [0.05, 0.1) is 26.4 Å². The maximum absolute atomic E-state index is 11.5. The zero-order valence-electron chi connectivity index (χ0n) is 12.9. The molecule has 2 aromatic rings. The summed E-state index contributed by atoms with van der Waals surface area (Å²) in [4.78, 5) is 11.5. The van der Waals surface area contributed by atoms with Crippen molar-refractivity contribution < 1.29 is 24.5 Å². The largest absolute Gasteiger partial charge is 0.497 e. The molecule has 0 aliphatic carbocycles. The summed E-state index contributed by atoms with van der Waals surface area (Å²) in [6.07, 6.45) is -1.13. The quantitative estimate of drug-likeness (QED) is 0.782. The Balaban J connectivity index is 1.97. The van der Waals surface area contributed by atoms with Crippen molar-refractivity contribution in [2.24, 2.45) is 0 Å². The number of rotatable bonds is 8. The molecule has 23 heavy (non-hydrogen) atoms. The van der Waals surface area contributed by atoms with Gasteiger partial charge in [-0.15, -0.1) is 0 Å². The summed E-state index contributed by atoms with van der Waals surface area (Å²) in [6.45, 7) is 0.269. The average Bonchev–Trinajstić information content (AvgIpc) is 2.56. The predicted octanol–water partition coefficient (Wildman–Crippen LogP) is 2.44. The van der Waals surface area contributed by atoms with Crippen molar-refractivity contribution in [1.29, 1.82) is 0 Å². The minimum Gasteiger partial charge on any atom is -0.497 e. The van der Waals surface area contributed by atoms with Gasteiger partial charge in [-0.2, -0.15) is 0 Å². The second-order valence-electron chi connectivity index (χ2n) is 5.16. The molecule has 2 atom stereocenters. The number of carbonyl (C=O) groups is 1. The maximum Gasteiger partial charge on any atom is 0.313 e. The van der Waals surface area contributed by atoms with Gasteiger partial charge in [0.2, 0.25) is 0 Å². The zero-order chi connectivity index (χ0) is 16.7. The number of aliphatic hydroxyl groups excluding tert-OH is 1. The lowest BCUT2D eigenvalue weighted by atomic mass is 9.94. The molecule has 122 valence electrons. The second-order valence-corrected chi connectivity index (χ2v) is 5.16. The lowest BCUT2D eigenvalue weighted by Gasteiger charge is -2.20. The van der Waals surface area contributed by atoms with Gasteiger partial charge in [-0.05, 0) is 23.3 Å². The lowest BCUT2D eigenvalue weighted by Crippen LogP contribution is -2.30. The van der Waals surface area contributed by atoms with E-state index in [4.69, 9.17) is 9.47 Å². The van der Waals surface area contributed by atoms with E-state index in [-0.39, 0.29) is 6.61 Å². The summed E-state index contributed by atoms with van der Waals surface area (Å²) >= 11 is 0. The average molecular weight is 316 g/mol. The van der Waals surface area contributed by atoms with Crippen LogP contribution in [0.3, 0.4) is 0 Å². The van der Waals surface area contributed by atoms with E-state index in [1.54, 1.807) is 24.3 Å². The van der Waals surface area contributed by atoms with Gasteiger partial charge in [0.25, 0.3) is 0 Å². The molecule has 5 heteroatoms. The third-order valence-electron chi connectivity index (χ3n) is 3.53. The normalized spacial score (nSPS) is 13.3. The molecule has 2 rings (SSSR count). The molecule has 5 nitrogen and oxygen atoms in total. The molecule has 0 aliphatic heterocycles. The number of hydrogen-bond acceptors (Lipinski definition) is 4. The number of carboxylic acid groups (broad SMARTS) is 1. The Morgan fingerprint density at radius 1 is 1.09 bits per heavy atom. The van der Waals surface area contributed by atoms with Crippen LogP contribution in [-0.2, 0) is 16.1 Å². The van der Waals surface area contributed by atoms with Crippen molar-refractivity contribution in [3.63, 3.8) is 0 Å². The van der Waals surface area contributed by atoms with Crippen LogP contribution in [0.4, 0.5) is 0 Å². The summed E-state index contributed by atoms with van der Waals surface area (Å²) < 4.78 is 10.5. The van der Waals surface area contributed by atoms with Gasteiger partial charge in [-0.1, -0.05) is 42.5 Å². The molecule has 0 amide bonds. The summed E-state index contributed by atoms with van der Waals surface area (Å²) in [5, 5.41) is 19.6. The Kier molecular flexibility index (Phi) is 6.14. The molecule has 0 unspecified atom stereocenters. The number of benzene rings is 2. The first-order valence-corrected chi connectivity index (χ1v) is 7.28. The number of hydrogen-bond donors (Lipinski definition) is 2. The van der Waals surface area contributed by atoms with Crippen LogP contribution in [0.25, 0.3) is 0 Å². The van der Waals surface area contributed by atoms with E-state index in [0.717, 1.165) is 5.56 Å². The monoisotopic (exact) mass is 316 g/mol. The fourth-order valence-electron chi connectivity index (χ4n) is 2.31. The Morgan fingerprint density at radius 2 is 1.74 bits per heavy atom. The first kappa shape index (κ1) is 17.0.